The average Bonchev–Trinajstić information content (AvgIpc) is 3.20. The molecule has 1 amide bonds. The Labute approximate surface area is 123 Å². The number of carbonyl (C=O) groups excluding carboxylic acids is 1. The number of carbonyl (C=O) groups is 2. The van der Waals surface area contributed by atoms with Gasteiger partial charge < -0.3 is 10.4 Å². The van der Waals surface area contributed by atoms with Crippen LogP contribution in [0, 0.1) is 0 Å². The van der Waals surface area contributed by atoms with Crippen LogP contribution in [0.1, 0.15) is 29.6 Å². The van der Waals surface area contributed by atoms with Gasteiger partial charge in [-0.3, -0.25) is 9.00 Å². The van der Waals surface area contributed by atoms with Crippen molar-refractivity contribution in [3.05, 3.63) is 28.8 Å². The van der Waals surface area contributed by atoms with E-state index in [2.05, 4.69) is 5.32 Å². The van der Waals surface area contributed by atoms with E-state index in [1.807, 2.05) is 0 Å². The first-order valence-corrected chi connectivity index (χ1v) is 7.87. The molecule has 1 unspecified atom stereocenters. The number of carboxylic acid groups (broad SMARTS) is 1. The molecule has 7 heteroatoms. The van der Waals surface area contributed by atoms with Crippen LogP contribution in [0.5, 0.6) is 0 Å². The molecular weight excluding hydrogens is 302 g/mol. The molecule has 108 valence electrons. The van der Waals surface area contributed by atoms with Gasteiger partial charge >= 0.3 is 5.97 Å². The molecule has 0 radical (unpaired) electrons. The number of hydrogen-bond donors (Lipinski definition) is 2. The van der Waals surface area contributed by atoms with Crippen LogP contribution in [-0.4, -0.2) is 33.0 Å². The molecule has 0 heterocycles. The topological polar surface area (TPSA) is 83.5 Å². The monoisotopic (exact) mass is 315 g/mol. The summed E-state index contributed by atoms with van der Waals surface area (Å²) in [7, 11) is -1.42. The number of halogens is 1. The van der Waals surface area contributed by atoms with Crippen molar-refractivity contribution in [2.75, 3.05) is 5.75 Å². The Morgan fingerprint density at radius 3 is 2.70 bits per heavy atom. The molecule has 0 aliphatic heterocycles. The number of aromatic carboxylic acids is 1. The van der Waals surface area contributed by atoms with Crippen molar-refractivity contribution in [3.8, 4) is 0 Å². The number of carboxylic acids is 1. The molecule has 0 saturated heterocycles. The molecule has 2 rings (SSSR count). The molecule has 0 spiro atoms. The first kappa shape index (κ1) is 15.0. The quantitative estimate of drug-likeness (QED) is 0.838. The van der Waals surface area contributed by atoms with Gasteiger partial charge in [0.15, 0.2) is 0 Å². The van der Waals surface area contributed by atoms with Gasteiger partial charge in [0.1, 0.15) is 0 Å². The minimum atomic E-state index is -1.42. The lowest BCUT2D eigenvalue weighted by Crippen LogP contribution is -2.26. The van der Waals surface area contributed by atoms with Crippen LogP contribution in [0.15, 0.2) is 23.1 Å². The van der Waals surface area contributed by atoms with Crippen LogP contribution in [-0.2, 0) is 15.6 Å². The third-order valence-corrected chi connectivity index (χ3v) is 4.57. The molecule has 1 saturated carbocycles. The maximum atomic E-state index is 12.0. The van der Waals surface area contributed by atoms with Gasteiger partial charge in [-0.1, -0.05) is 11.6 Å². The van der Waals surface area contributed by atoms with Gasteiger partial charge in [-0.25, -0.2) is 4.79 Å². The third-order valence-electron chi connectivity index (χ3n) is 2.89. The second-order valence-electron chi connectivity index (χ2n) is 4.59. The largest absolute Gasteiger partial charge is 0.478 e. The van der Waals surface area contributed by atoms with Crippen LogP contribution in [0.3, 0.4) is 0 Å². The molecule has 1 fully saturated rings. The van der Waals surface area contributed by atoms with Crippen molar-refractivity contribution >= 4 is 34.3 Å². The van der Waals surface area contributed by atoms with Gasteiger partial charge in [-0.05, 0) is 31.0 Å². The maximum Gasteiger partial charge on any atom is 0.337 e. The van der Waals surface area contributed by atoms with E-state index in [0.717, 1.165) is 12.8 Å². The zero-order chi connectivity index (χ0) is 14.7. The van der Waals surface area contributed by atoms with Gasteiger partial charge in [0, 0.05) is 23.1 Å². The minimum absolute atomic E-state index is 0.0834. The highest BCUT2D eigenvalue weighted by atomic mass is 35.5. The van der Waals surface area contributed by atoms with Gasteiger partial charge in [-0.15, -0.1) is 0 Å². The highest BCUT2D eigenvalue weighted by Gasteiger charge is 2.23. The van der Waals surface area contributed by atoms with Gasteiger partial charge in [0.05, 0.1) is 21.4 Å². The SMILES string of the molecule is O=C(CCS(=O)c1ccc(Cl)c(C(=O)O)c1)NC1CC1. The third kappa shape index (κ3) is 4.05. The van der Waals surface area contributed by atoms with E-state index < -0.39 is 16.8 Å². The molecule has 1 aromatic rings. The highest BCUT2D eigenvalue weighted by molar-refractivity contribution is 7.85. The van der Waals surface area contributed by atoms with Gasteiger partial charge in [0.25, 0.3) is 0 Å². The summed E-state index contributed by atoms with van der Waals surface area (Å²) >= 11 is 5.74. The lowest BCUT2D eigenvalue weighted by Gasteiger charge is -2.05. The molecule has 0 bridgehead atoms. The summed E-state index contributed by atoms with van der Waals surface area (Å²) < 4.78 is 12.0. The van der Waals surface area contributed by atoms with E-state index in [-0.39, 0.29) is 34.7 Å². The summed E-state index contributed by atoms with van der Waals surface area (Å²) in [6.45, 7) is 0. The summed E-state index contributed by atoms with van der Waals surface area (Å²) in [6.07, 6.45) is 2.18. The van der Waals surface area contributed by atoms with Crippen LogP contribution in [0.4, 0.5) is 0 Å². The molecular formula is C13H14ClNO4S. The Morgan fingerprint density at radius 1 is 1.40 bits per heavy atom. The van der Waals surface area contributed by atoms with Crippen molar-refractivity contribution < 1.29 is 18.9 Å². The fraction of sp³-hybridized carbons (Fsp3) is 0.385. The van der Waals surface area contributed by atoms with Crippen LogP contribution in [0.25, 0.3) is 0 Å². The Balaban J connectivity index is 1.96. The Kier molecular flexibility index (Phi) is 4.77. The Bertz CT molecular complexity index is 571. The predicted molar refractivity (Wildman–Crippen MR) is 75.5 cm³/mol. The first-order valence-electron chi connectivity index (χ1n) is 6.18. The highest BCUT2D eigenvalue weighted by Crippen LogP contribution is 2.21. The van der Waals surface area contributed by atoms with E-state index in [1.165, 1.54) is 18.2 Å². The number of amides is 1. The van der Waals surface area contributed by atoms with Gasteiger partial charge in [-0.2, -0.15) is 0 Å². The first-order chi connectivity index (χ1) is 9.47. The van der Waals surface area contributed by atoms with E-state index in [0.29, 0.717) is 4.90 Å². The minimum Gasteiger partial charge on any atom is -0.478 e. The van der Waals surface area contributed by atoms with Gasteiger partial charge in [0.2, 0.25) is 5.91 Å². The van der Waals surface area contributed by atoms with Crippen LogP contribution < -0.4 is 5.32 Å². The van der Waals surface area contributed by atoms with Crippen LogP contribution in [0.2, 0.25) is 5.02 Å². The number of hydrogen-bond acceptors (Lipinski definition) is 3. The zero-order valence-corrected chi connectivity index (χ0v) is 12.2. The second kappa shape index (κ2) is 6.37. The average molecular weight is 316 g/mol. The fourth-order valence-corrected chi connectivity index (χ4v) is 2.91. The van der Waals surface area contributed by atoms with Crippen molar-refractivity contribution in [1.29, 1.82) is 0 Å². The maximum absolute atomic E-state index is 12.0. The smallest absolute Gasteiger partial charge is 0.337 e. The van der Waals surface area contributed by atoms with E-state index in [9.17, 15) is 13.8 Å². The Hall–Kier alpha value is -1.40. The summed E-state index contributed by atoms with van der Waals surface area (Å²) in [5.41, 5.74) is -0.0834. The lowest BCUT2D eigenvalue weighted by atomic mass is 10.2. The van der Waals surface area contributed by atoms with E-state index >= 15 is 0 Å². The van der Waals surface area contributed by atoms with Crippen molar-refractivity contribution in [2.45, 2.75) is 30.2 Å². The molecule has 2 N–H and O–H groups in total. The summed E-state index contributed by atoms with van der Waals surface area (Å²) in [4.78, 5) is 22.8. The summed E-state index contributed by atoms with van der Waals surface area (Å²) in [5, 5.41) is 11.9. The molecule has 5 nitrogen and oxygen atoms in total. The number of nitrogens with one attached hydrogen (secondary N) is 1. The fourth-order valence-electron chi connectivity index (χ4n) is 1.64. The zero-order valence-electron chi connectivity index (χ0n) is 10.6. The molecule has 1 aliphatic carbocycles. The standard InChI is InChI=1S/C13H14ClNO4S/c14-11-4-3-9(7-10(11)13(17)18)20(19)6-5-12(16)15-8-1-2-8/h3-4,7-8H,1-2,5-6H2,(H,15,16)(H,17,18). The number of benzene rings is 1. The lowest BCUT2D eigenvalue weighted by molar-refractivity contribution is -0.120. The van der Waals surface area contributed by atoms with E-state index in [1.54, 1.807) is 0 Å². The normalized spacial score (nSPS) is 15.7. The van der Waals surface area contributed by atoms with E-state index in [4.69, 9.17) is 16.7 Å². The molecule has 0 aromatic heterocycles. The van der Waals surface area contributed by atoms with Crippen LogP contribution >= 0.6 is 11.6 Å². The molecule has 1 aliphatic rings. The summed E-state index contributed by atoms with van der Waals surface area (Å²) in [5.74, 6) is -1.12. The Morgan fingerprint density at radius 2 is 2.10 bits per heavy atom. The predicted octanol–water partition coefficient (Wildman–Crippen LogP) is 1.81. The molecule has 1 aromatic carbocycles. The van der Waals surface area contributed by atoms with Crippen molar-refractivity contribution in [1.82, 2.24) is 5.32 Å². The molecule has 20 heavy (non-hydrogen) atoms. The van der Waals surface area contributed by atoms with Crippen molar-refractivity contribution in [3.63, 3.8) is 0 Å². The molecule has 1 atom stereocenters. The summed E-state index contributed by atoms with van der Waals surface area (Å²) in [6, 6.07) is 4.50. The number of rotatable bonds is 6. The second-order valence-corrected chi connectivity index (χ2v) is 6.57. The van der Waals surface area contributed by atoms with Crippen molar-refractivity contribution in [2.24, 2.45) is 0 Å².